The summed E-state index contributed by atoms with van der Waals surface area (Å²) in [5.41, 5.74) is 1.83. The Labute approximate surface area is 106 Å². The van der Waals surface area contributed by atoms with Gasteiger partial charge in [0.2, 0.25) is 0 Å². The molecule has 0 aliphatic carbocycles. The maximum absolute atomic E-state index is 11.1. The van der Waals surface area contributed by atoms with Crippen LogP contribution in [0.4, 0.5) is 0 Å². The van der Waals surface area contributed by atoms with Gasteiger partial charge in [-0.25, -0.2) is 0 Å². The van der Waals surface area contributed by atoms with Gasteiger partial charge in [-0.3, -0.25) is 4.79 Å². The lowest BCUT2D eigenvalue weighted by atomic mass is 9.85. The van der Waals surface area contributed by atoms with Gasteiger partial charge in [0.1, 0.15) is 0 Å². The van der Waals surface area contributed by atoms with Crippen LogP contribution in [0.2, 0.25) is 0 Å². The summed E-state index contributed by atoms with van der Waals surface area (Å²) in [5, 5.41) is 9.78. The molecule has 0 fully saturated rings. The molecular formula is C14H18O2S. The summed E-state index contributed by atoms with van der Waals surface area (Å²) < 4.78 is 0. The molecule has 0 bridgehead atoms. The number of benzene rings is 1. The largest absolute Gasteiger partial charge is 0.481 e. The van der Waals surface area contributed by atoms with Crippen molar-refractivity contribution in [2.45, 2.75) is 43.8 Å². The first-order valence-electron chi connectivity index (χ1n) is 5.90. The SMILES string of the molecule is CC1Cc2ccc(CC(C)(C)C(=O)O)cc2S1. The number of carboxylic acids is 1. The molecule has 0 amide bonds. The molecule has 1 unspecified atom stereocenters. The van der Waals surface area contributed by atoms with Crippen molar-refractivity contribution in [2.24, 2.45) is 5.41 Å². The van der Waals surface area contributed by atoms with Crippen LogP contribution in [0, 0.1) is 5.41 Å². The van der Waals surface area contributed by atoms with Gasteiger partial charge >= 0.3 is 5.97 Å². The van der Waals surface area contributed by atoms with E-state index < -0.39 is 11.4 Å². The molecule has 0 radical (unpaired) electrons. The zero-order chi connectivity index (χ0) is 12.6. The third-order valence-electron chi connectivity index (χ3n) is 3.19. The van der Waals surface area contributed by atoms with Crippen LogP contribution >= 0.6 is 11.8 Å². The number of thioether (sulfide) groups is 1. The molecule has 1 N–H and O–H groups in total. The second-order valence-electron chi connectivity index (χ2n) is 5.44. The Hall–Kier alpha value is -0.960. The van der Waals surface area contributed by atoms with Crippen LogP contribution in [0.25, 0.3) is 0 Å². The number of hydrogen-bond acceptors (Lipinski definition) is 2. The number of rotatable bonds is 3. The predicted molar refractivity (Wildman–Crippen MR) is 70.6 cm³/mol. The van der Waals surface area contributed by atoms with Crippen molar-refractivity contribution in [1.82, 2.24) is 0 Å². The Morgan fingerprint density at radius 1 is 1.53 bits per heavy atom. The summed E-state index contributed by atoms with van der Waals surface area (Å²) in [6, 6.07) is 6.38. The second kappa shape index (κ2) is 4.37. The van der Waals surface area contributed by atoms with E-state index in [1.54, 1.807) is 13.8 Å². The molecular weight excluding hydrogens is 232 g/mol. The standard InChI is InChI=1S/C14H18O2S/c1-9-6-11-5-4-10(7-12(11)17-9)8-14(2,3)13(15)16/h4-5,7,9H,6,8H2,1-3H3,(H,15,16). The molecule has 1 aromatic rings. The van der Waals surface area contributed by atoms with Gasteiger partial charge < -0.3 is 5.11 Å². The molecule has 17 heavy (non-hydrogen) atoms. The predicted octanol–water partition coefficient (Wildman–Crippen LogP) is 3.38. The molecule has 1 heterocycles. The fourth-order valence-corrected chi connectivity index (χ4v) is 3.36. The van der Waals surface area contributed by atoms with Crippen molar-refractivity contribution in [2.75, 3.05) is 0 Å². The van der Waals surface area contributed by atoms with E-state index in [0.717, 1.165) is 12.0 Å². The normalized spacial score (nSPS) is 19.1. The van der Waals surface area contributed by atoms with Crippen molar-refractivity contribution >= 4 is 17.7 Å². The van der Waals surface area contributed by atoms with Crippen LogP contribution in [0.15, 0.2) is 23.1 Å². The summed E-state index contributed by atoms with van der Waals surface area (Å²) in [6.45, 7) is 5.78. The highest BCUT2D eigenvalue weighted by Crippen LogP contribution is 2.38. The minimum Gasteiger partial charge on any atom is -0.481 e. The molecule has 0 aromatic heterocycles. The van der Waals surface area contributed by atoms with Crippen LogP contribution in [-0.2, 0) is 17.6 Å². The lowest BCUT2D eigenvalue weighted by molar-refractivity contribution is -0.146. The van der Waals surface area contributed by atoms with Crippen molar-refractivity contribution in [1.29, 1.82) is 0 Å². The van der Waals surface area contributed by atoms with E-state index in [1.165, 1.54) is 10.5 Å². The molecule has 1 aromatic carbocycles. The Morgan fingerprint density at radius 3 is 2.88 bits per heavy atom. The zero-order valence-electron chi connectivity index (χ0n) is 10.5. The number of carboxylic acid groups (broad SMARTS) is 1. The Kier molecular flexibility index (Phi) is 3.21. The Morgan fingerprint density at radius 2 is 2.24 bits per heavy atom. The number of aliphatic carboxylic acids is 1. The third-order valence-corrected chi connectivity index (χ3v) is 4.40. The minimum atomic E-state index is -0.737. The van der Waals surface area contributed by atoms with Crippen molar-refractivity contribution in [3.63, 3.8) is 0 Å². The van der Waals surface area contributed by atoms with Crippen LogP contribution in [0.5, 0.6) is 0 Å². The highest BCUT2D eigenvalue weighted by atomic mass is 32.2. The maximum Gasteiger partial charge on any atom is 0.309 e. The summed E-state index contributed by atoms with van der Waals surface area (Å²) in [7, 11) is 0. The number of fused-ring (bicyclic) bond motifs is 1. The first-order valence-corrected chi connectivity index (χ1v) is 6.78. The van der Waals surface area contributed by atoms with E-state index >= 15 is 0 Å². The van der Waals surface area contributed by atoms with E-state index in [2.05, 4.69) is 25.1 Å². The lowest BCUT2D eigenvalue weighted by Gasteiger charge is -2.19. The smallest absolute Gasteiger partial charge is 0.309 e. The van der Waals surface area contributed by atoms with E-state index in [0.29, 0.717) is 11.7 Å². The third kappa shape index (κ3) is 2.65. The zero-order valence-corrected chi connectivity index (χ0v) is 11.3. The quantitative estimate of drug-likeness (QED) is 0.893. The maximum atomic E-state index is 11.1. The fraction of sp³-hybridized carbons (Fsp3) is 0.500. The van der Waals surface area contributed by atoms with Crippen molar-refractivity contribution < 1.29 is 9.90 Å². The summed E-state index contributed by atoms with van der Waals surface area (Å²) >= 11 is 1.89. The van der Waals surface area contributed by atoms with Gasteiger partial charge in [-0.15, -0.1) is 11.8 Å². The topological polar surface area (TPSA) is 37.3 Å². The number of carbonyl (C=O) groups is 1. The van der Waals surface area contributed by atoms with Gasteiger partial charge in [0.25, 0.3) is 0 Å². The second-order valence-corrected chi connectivity index (χ2v) is 6.92. The van der Waals surface area contributed by atoms with E-state index in [1.807, 2.05) is 11.8 Å². The average Bonchev–Trinajstić information content (AvgIpc) is 2.56. The summed E-state index contributed by atoms with van der Waals surface area (Å²) in [6.07, 6.45) is 1.72. The van der Waals surface area contributed by atoms with E-state index in [-0.39, 0.29) is 0 Å². The molecule has 2 rings (SSSR count). The average molecular weight is 250 g/mol. The highest BCUT2D eigenvalue weighted by Gasteiger charge is 2.28. The van der Waals surface area contributed by atoms with E-state index in [9.17, 15) is 4.79 Å². The first-order chi connectivity index (χ1) is 7.88. The molecule has 0 saturated heterocycles. The summed E-state index contributed by atoms with van der Waals surface area (Å²) in [4.78, 5) is 12.4. The monoisotopic (exact) mass is 250 g/mol. The van der Waals surface area contributed by atoms with Gasteiger partial charge in [-0.1, -0.05) is 19.1 Å². The lowest BCUT2D eigenvalue weighted by Crippen LogP contribution is -2.26. The Balaban J connectivity index is 2.20. The molecule has 3 heteroatoms. The van der Waals surface area contributed by atoms with Gasteiger partial charge in [0, 0.05) is 10.1 Å². The van der Waals surface area contributed by atoms with Crippen LogP contribution < -0.4 is 0 Å². The fourth-order valence-electron chi connectivity index (χ4n) is 2.14. The van der Waals surface area contributed by atoms with Crippen molar-refractivity contribution in [3.8, 4) is 0 Å². The molecule has 1 aliphatic heterocycles. The van der Waals surface area contributed by atoms with Crippen molar-refractivity contribution in [3.05, 3.63) is 29.3 Å². The summed E-state index contributed by atoms with van der Waals surface area (Å²) in [5.74, 6) is -0.737. The molecule has 1 aliphatic rings. The minimum absolute atomic E-state index is 0.588. The first kappa shape index (κ1) is 12.5. The molecule has 92 valence electrons. The van der Waals surface area contributed by atoms with Gasteiger partial charge in [0.05, 0.1) is 5.41 Å². The van der Waals surface area contributed by atoms with E-state index in [4.69, 9.17) is 5.11 Å². The van der Waals surface area contributed by atoms with Crippen LogP contribution in [-0.4, -0.2) is 16.3 Å². The Bertz CT molecular complexity index is 452. The van der Waals surface area contributed by atoms with Gasteiger partial charge in [-0.2, -0.15) is 0 Å². The van der Waals surface area contributed by atoms with Crippen LogP contribution in [0.3, 0.4) is 0 Å². The molecule has 0 saturated carbocycles. The van der Waals surface area contributed by atoms with Crippen LogP contribution in [0.1, 0.15) is 31.9 Å². The highest BCUT2D eigenvalue weighted by molar-refractivity contribution is 8.00. The number of hydrogen-bond donors (Lipinski definition) is 1. The molecule has 1 atom stereocenters. The molecule has 2 nitrogen and oxygen atoms in total. The molecule has 0 spiro atoms. The van der Waals surface area contributed by atoms with Gasteiger partial charge in [0.15, 0.2) is 0 Å². The van der Waals surface area contributed by atoms with Gasteiger partial charge in [-0.05, 0) is 43.9 Å².